The number of aromatic amines is 1. The van der Waals surface area contributed by atoms with E-state index in [2.05, 4.69) is 27.1 Å². The third kappa shape index (κ3) is 4.06. The second-order valence-corrected chi connectivity index (χ2v) is 5.33. The number of aryl methyl sites for hydroxylation is 1. The zero-order valence-corrected chi connectivity index (χ0v) is 11.9. The Labute approximate surface area is 114 Å². The van der Waals surface area contributed by atoms with Crippen LogP contribution in [-0.2, 0) is 0 Å². The summed E-state index contributed by atoms with van der Waals surface area (Å²) >= 11 is 0. The summed E-state index contributed by atoms with van der Waals surface area (Å²) in [5.41, 5.74) is -0.0612. The third-order valence-electron chi connectivity index (χ3n) is 3.60. The van der Waals surface area contributed by atoms with Crippen molar-refractivity contribution in [2.45, 2.75) is 33.1 Å². The van der Waals surface area contributed by atoms with E-state index >= 15 is 0 Å². The zero-order chi connectivity index (χ0) is 13.7. The van der Waals surface area contributed by atoms with Crippen LogP contribution in [0.1, 0.15) is 32.0 Å². The number of nitrogens with zero attached hydrogens (tertiary/aromatic N) is 2. The second kappa shape index (κ2) is 6.70. The highest BCUT2D eigenvalue weighted by Gasteiger charge is 2.18. The molecule has 0 saturated carbocycles. The molecule has 106 valence electrons. The fourth-order valence-electron chi connectivity index (χ4n) is 2.67. The number of hydrogen-bond donors (Lipinski definition) is 2. The van der Waals surface area contributed by atoms with Gasteiger partial charge >= 0.3 is 0 Å². The molecule has 0 spiro atoms. The molecule has 0 bridgehead atoms. The Bertz CT molecular complexity index is 451. The van der Waals surface area contributed by atoms with Gasteiger partial charge in [0, 0.05) is 19.2 Å². The summed E-state index contributed by atoms with van der Waals surface area (Å²) in [7, 11) is 0. The number of anilines is 1. The molecule has 2 N–H and O–H groups in total. The molecule has 1 aliphatic heterocycles. The van der Waals surface area contributed by atoms with Crippen LogP contribution in [-0.4, -0.2) is 36.1 Å². The van der Waals surface area contributed by atoms with Crippen LogP contribution in [0.3, 0.4) is 0 Å². The molecular weight excluding hydrogens is 240 g/mol. The maximum absolute atomic E-state index is 11.6. The fraction of sp³-hybridized carbons (Fsp3) is 0.714. The quantitative estimate of drug-likeness (QED) is 0.841. The Hall–Kier alpha value is -1.36. The molecule has 5 heteroatoms. The van der Waals surface area contributed by atoms with Crippen molar-refractivity contribution in [2.75, 3.05) is 31.1 Å². The van der Waals surface area contributed by atoms with Gasteiger partial charge in [-0.05, 0) is 45.2 Å². The number of H-pyrrole nitrogens is 1. The molecule has 0 amide bonds. The third-order valence-corrected chi connectivity index (χ3v) is 3.60. The first-order valence-corrected chi connectivity index (χ1v) is 7.22. The molecule has 0 unspecified atom stereocenters. The van der Waals surface area contributed by atoms with Crippen molar-refractivity contribution in [3.63, 3.8) is 0 Å². The molecule has 5 nitrogen and oxygen atoms in total. The van der Waals surface area contributed by atoms with E-state index < -0.39 is 0 Å². The van der Waals surface area contributed by atoms with Crippen molar-refractivity contribution in [1.82, 2.24) is 15.3 Å². The monoisotopic (exact) mass is 264 g/mol. The lowest BCUT2D eigenvalue weighted by Crippen LogP contribution is -2.37. The Morgan fingerprint density at radius 3 is 2.79 bits per heavy atom. The first kappa shape index (κ1) is 14.1. The molecule has 1 aromatic heterocycles. The number of nitrogens with one attached hydrogen (secondary N) is 2. The lowest BCUT2D eigenvalue weighted by atomic mass is 9.97. The molecule has 0 atom stereocenters. The highest BCUT2D eigenvalue weighted by Crippen LogP contribution is 2.17. The first-order valence-electron chi connectivity index (χ1n) is 7.22. The van der Waals surface area contributed by atoms with Gasteiger partial charge < -0.3 is 15.2 Å². The summed E-state index contributed by atoms with van der Waals surface area (Å²) < 4.78 is 0. The minimum atomic E-state index is -0.0612. The molecule has 0 aliphatic carbocycles. The van der Waals surface area contributed by atoms with E-state index in [1.54, 1.807) is 6.07 Å². The van der Waals surface area contributed by atoms with Crippen molar-refractivity contribution >= 4 is 5.82 Å². The van der Waals surface area contributed by atoms with Crippen molar-refractivity contribution in [3.8, 4) is 0 Å². The van der Waals surface area contributed by atoms with E-state index in [-0.39, 0.29) is 5.56 Å². The molecule has 2 rings (SSSR count). The van der Waals surface area contributed by atoms with Crippen LogP contribution >= 0.6 is 0 Å². The first-order chi connectivity index (χ1) is 9.19. The molecule has 0 radical (unpaired) electrons. The summed E-state index contributed by atoms with van der Waals surface area (Å²) in [6.45, 7) is 8.17. The van der Waals surface area contributed by atoms with Gasteiger partial charge in [-0.3, -0.25) is 4.79 Å². The predicted octanol–water partition coefficient (Wildman–Crippen LogP) is 1.29. The van der Waals surface area contributed by atoms with Gasteiger partial charge in [-0.2, -0.15) is 0 Å². The van der Waals surface area contributed by atoms with Gasteiger partial charge in [-0.25, -0.2) is 4.98 Å². The maximum atomic E-state index is 11.6. The van der Waals surface area contributed by atoms with Crippen LogP contribution in [0.5, 0.6) is 0 Å². The van der Waals surface area contributed by atoms with Crippen LogP contribution in [0.15, 0.2) is 10.9 Å². The average Bonchev–Trinajstić information content (AvgIpc) is 2.38. The Balaban J connectivity index is 2.11. The summed E-state index contributed by atoms with van der Waals surface area (Å²) in [5.74, 6) is 2.21. The van der Waals surface area contributed by atoms with Crippen LogP contribution in [0, 0.1) is 12.8 Å². The topological polar surface area (TPSA) is 61.0 Å². The Kier molecular flexibility index (Phi) is 4.96. The molecule has 1 aliphatic rings. The van der Waals surface area contributed by atoms with Gasteiger partial charge in [0.15, 0.2) is 0 Å². The highest BCUT2D eigenvalue weighted by molar-refractivity contribution is 5.37. The normalized spacial score (nSPS) is 16.5. The standard InChI is InChI=1S/C14H24N4O/c1-3-8-18(10-12-4-6-15-7-5-12)13-9-14(19)17-11(2)16-13/h9,12,15H,3-8,10H2,1-2H3,(H,16,17,19). The molecule has 0 aromatic carbocycles. The SMILES string of the molecule is CCCN(CC1CCNCC1)c1cc(=O)[nH]c(C)n1. The van der Waals surface area contributed by atoms with Gasteiger partial charge in [-0.1, -0.05) is 6.92 Å². The summed E-state index contributed by atoms with van der Waals surface area (Å²) in [4.78, 5) is 21.0. The van der Waals surface area contributed by atoms with Gasteiger partial charge in [0.1, 0.15) is 11.6 Å². The molecule has 2 heterocycles. The van der Waals surface area contributed by atoms with Crippen molar-refractivity contribution in [3.05, 3.63) is 22.2 Å². The van der Waals surface area contributed by atoms with Crippen molar-refractivity contribution in [1.29, 1.82) is 0 Å². The number of aromatic nitrogens is 2. The van der Waals surface area contributed by atoms with E-state index in [0.29, 0.717) is 11.7 Å². The van der Waals surface area contributed by atoms with Gasteiger partial charge in [0.05, 0.1) is 0 Å². The smallest absolute Gasteiger partial charge is 0.252 e. The molecule has 1 saturated heterocycles. The van der Waals surface area contributed by atoms with Gasteiger partial charge in [0.25, 0.3) is 5.56 Å². The number of hydrogen-bond acceptors (Lipinski definition) is 4. The fourth-order valence-corrected chi connectivity index (χ4v) is 2.67. The molecule has 19 heavy (non-hydrogen) atoms. The van der Waals surface area contributed by atoms with E-state index in [1.165, 1.54) is 12.8 Å². The van der Waals surface area contributed by atoms with E-state index in [4.69, 9.17) is 0 Å². The minimum Gasteiger partial charge on any atom is -0.356 e. The summed E-state index contributed by atoms with van der Waals surface area (Å²) in [6.07, 6.45) is 3.49. The van der Waals surface area contributed by atoms with Gasteiger partial charge in [0.2, 0.25) is 0 Å². The lowest BCUT2D eigenvalue weighted by molar-refractivity contribution is 0.372. The van der Waals surface area contributed by atoms with Crippen molar-refractivity contribution < 1.29 is 0 Å². The van der Waals surface area contributed by atoms with Crippen molar-refractivity contribution in [2.24, 2.45) is 5.92 Å². The molecule has 1 aromatic rings. The van der Waals surface area contributed by atoms with Crippen LogP contribution in [0.4, 0.5) is 5.82 Å². The predicted molar refractivity (Wildman–Crippen MR) is 77.7 cm³/mol. The van der Waals surface area contributed by atoms with Crippen LogP contribution < -0.4 is 15.8 Å². The maximum Gasteiger partial charge on any atom is 0.252 e. The lowest BCUT2D eigenvalue weighted by Gasteiger charge is -2.30. The Morgan fingerprint density at radius 2 is 2.16 bits per heavy atom. The minimum absolute atomic E-state index is 0.0612. The van der Waals surface area contributed by atoms with E-state index in [1.807, 2.05) is 6.92 Å². The van der Waals surface area contributed by atoms with Crippen LogP contribution in [0.2, 0.25) is 0 Å². The highest BCUT2D eigenvalue weighted by atomic mass is 16.1. The largest absolute Gasteiger partial charge is 0.356 e. The average molecular weight is 264 g/mol. The van der Waals surface area contributed by atoms with Crippen LogP contribution in [0.25, 0.3) is 0 Å². The molecule has 1 fully saturated rings. The number of piperidine rings is 1. The summed E-state index contributed by atoms with van der Waals surface area (Å²) in [5, 5.41) is 3.39. The second-order valence-electron chi connectivity index (χ2n) is 5.33. The van der Waals surface area contributed by atoms with E-state index in [9.17, 15) is 4.79 Å². The summed E-state index contributed by atoms with van der Waals surface area (Å²) in [6, 6.07) is 1.61. The zero-order valence-electron chi connectivity index (χ0n) is 11.9. The molecular formula is C14H24N4O. The Morgan fingerprint density at radius 1 is 1.42 bits per heavy atom. The van der Waals surface area contributed by atoms with E-state index in [0.717, 1.165) is 38.4 Å². The number of rotatable bonds is 5. The van der Waals surface area contributed by atoms with Gasteiger partial charge in [-0.15, -0.1) is 0 Å².